The lowest BCUT2D eigenvalue weighted by Gasteiger charge is -2.44. The molecule has 2 aliphatic rings. The van der Waals surface area contributed by atoms with Gasteiger partial charge in [-0.05, 0) is 43.2 Å². The van der Waals surface area contributed by atoms with Gasteiger partial charge in [0.15, 0.2) is 0 Å². The molecule has 0 aromatic heterocycles. The molecule has 2 aromatic carbocycles. The van der Waals surface area contributed by atoms with Gasteiger partial charge in [0.1, 0.15) is 17.5 Å². The van der Waals surface area contributed by atoms with E-state index in [0.717, 1.165) is 5.56 Å². The average Bonchev–Trinajstić information content (AvgIpc) is 3.25. The zero-order valence-electron chi connectivity index (χ0n) is 21.5. The molecule has 0 saturated carbocycles. The predicted octanol–water partition coefficient (Wildman–Crippen LogP) is 3.25. The maximum atomic E-state index is 13.8. The lowest BCUT2D eigenvalue weighted by molar-refractivity contribution is -0.128. The monoisotopic (exact) mass is 493 g/mol. The van der Waals surface area contributed by atoms with Gasteiger partial charge in [-0.25, -0.2) is 0 Å². The first-order chi connectivity index (χ1) is 17.2. The molecule has 0 unspecified atom stereocenters. The molecule has 192 valence electrons. The van der Waals surface area contributed by atoms with Crippen LogP contribution >= 0.6 is 0 Å². The molecule has 1 atom stereocenters. The zero-order valence-corrected chi connectivity index (χ0v) is 21.5. The maximum absolute atomic E-state index is 13.8. The lowest BCUT2D eigenvalue weighted by Crippen LogP contribution is -2.60. The predicted molar refractivity (Wildman–Crippen MR) is 136 cm³/mol. The molecule has 0 radical (unpaired) electrons. The van der Waals surface area contributed by atoms with Gasteiger partial charge in [0.25, 0.3) is 11.8 Å². The fourth-order valence-corrected chi connectivity index (χ4v) is 4.90. The Labute approximate surface area is 212 Å². The van der Waals surface area contributed by atoms with Gasteiger partial charge in [-0.1, -0.05) is 37.6 Å². The van der Waals surface area contributed by atoms with Crippen LogP contribution in [0.5, 0.6) is 5.75 Å². The highest BCUT2D eigenvalue weighted by molar-refractivity contribution is 5.99. The number of nitrogens with one attached hydrogen (secondary N) is 1. The Morgan fingerprint density at radius 2 is 1.72 bits per heavy atom. The number of nitrogens with zero attached hydrogens (tertiary/aromatic N) is 2. The molecule has 0 aliphatic carbocycles. The van der Waals surface area contributed by atoms with Gasteiger partial charge >= 0.3 is 0 Å². The Kier molecular flexibility index (Phi) is 7.64. The summed E-state index contributed by atoms with van der Waals surface area (Å²) in [6.07, 6.45) is 0.850. The Morgan fingerprint density at radius 1 is 1.06 bits per heavy atom. The topological polar surface area (TPSA) is 88.2 Å². The molecule has 8 heteroatoms. The highest BCUT2D eigenvalue weighted by atomic mass is 16.5. The first-order valence-corrected chi connectivity index (χ1v) is 12.5. The standard InChI is InChI=1S/C28H35N3O5/c1-19(2)17-29-25(32)24-18-36-28(31(24)27(34)21-8-5-7-20(3)15-21)11-13-30(14-12-28)26(33)22-9-6-10-23(16-22)35-4/h5-10,15-16,19,24H,11-14,17-18H2,1-4H3,(H,29,32)/t24-/m0/s1. The summed E-state index contributed by atoms with van der Waals surface area (Å²) < 4.78 is 11.5. The Bertz CT molecular complexity index is 1120. The highest BCUT2D eigenvalue weighted by Crippen LogP contribution is 2.39. The molecule has 8 nitrogen and oxygen atoms in total. The molecule has 36 heavy (non-hydrogen) atoms. The molecular formula is C28H35N3O5. The van der Waals surface area contributed by atoms with Crippen molar-refractivity contribution < 1.29 is 23.9 Å². The molecule has 4 rings (SSSR count). The molecule has 3 amide bonds. The van der Waals surface area contributed by atoms with Crippen LogP contribution in [0, 0.1) is 12.8 Å². The van der Waals surface area contributed by atoms with Crippen LogP contribution in [0.3, 0.4) is 0 Å². The number of methoxy groups -OCH3 is 1. The second kappa shape index (κ2) is 10.7. The van der Waals surface area contributed by atoms with E-state index < -0.39 is 11.8 Å². The normalized spacial score (nSPS) is 19.0. The minimum absolute atomic E-state index is 0.0930. The van der Waals surface area contributed by atoms with Crippen molar-refractivity contribution in [3.05, 3.63) is 65.2 Å². The smallest absolute Gasteiger partial charge is 0.256 e. The number of piperidine rings is 1. The van der Waals surface area contributed by atoms with Crippen LogP contribution in [0.4, 0.5) is 0 Å². The molecule has 2 aliphatic heterocycles. The van der Waals surface area contributed by atoms with Gasteiger partial charge in [0.2, 0.25) is 5.91 Å². The summed E-state index contributed by atoms with van der Waals surface area (Å²) in [7, 11) is 1.57. The number of carbonyl (C=O) groups is 3. The van der Waals surface area contributed by atoms with Gasteiger partial charge in [-0.2, -0.15) is 0 Å². The largest absolute Gasteiger partial charge is 0.497 e. The minimum Gasteiger partial charge on any atom is -0.497 e. The molecule has 1 spiro atoms. The number of benzene rings is 2. The van der Waals surface area contributed by atoms with Crippen molar-refractivity contribution in [2.24, 2.45) is 5.92 Å². The number of likely N-dealkylation sites (tertiary alicyclic amines) is 1. The summed E-state index contributed by atoms with van der Waals surface area (Å²) in [6, 6.07) is 13.7. The summed E-state index contributed by atoms with van der Waals surface area (Å²) in [5.41, 5.74) is 1.11. The zero-order chi connectivity index (χ0) is 25.9. The molecule has 2 fully saturated rings. The molecule has 2 aromatic rings. The third-order valence-corrected chi connectivity index (χ3v) is 6.88. The first-order valence-electron chi connectivity index (χ1n) is 12.5. The van der Waals surface area contributed by atoms with E-state index in [-0.39, 0.29) is 30.2 Å². The Hall–Kier alpha value is -3.39. The van der Waals surface area contributed by atoms with Crippen molar-refractivity contribution in [3.8, 4) is 5.75 Å². The van der Waals surface area contributed by atoms with Crippen LogP contribution in [0.25, 0.3) is 0 Å². The van der Waals surface area contributed by atoms with Crippen molar-refractivity contribution in [3.63, 3.8) is 0 Å². The van der Waals surface area contributed by atoms with Crippen molar-refractivity contribution >= 4 is 17.7 Å². The molecule has 2 saturated heterocycles. The summed E-state index contributed by atoms with van der Waals surface area (Å²) in [5, 5.41) is 2.96. The number of aryl methyl sites for hydroxylation is 1. The van der Waals surface area contributed by atoms with E-state index in [0.29, 0.717) is 49.4 Å². The number of amides is 3. The second-order valence-electron chi connectivity index (χ2n) is 9.98. The number of ether oxygens (including phenoxy) is 2. The van der Waals surface area contributed by atoms with E-state index in [1.165, 1.54) is 0 Å². The Morgan fingerprint density at radius 3 is 2.36 bits per heavy atom. The summed E-state index contributed by atoms with van der Waals surface area (Å²) in [4.78, 5) is 43.5. The summed E-state index contributed by atoms with van der Waals surface area (Å²) >= 11 is 0. The molecule has 0 bridgehead atoms. The van der Waals surface area contributed by atoms with Crippen LogP contribution in [-0.4, -0.2) is 72.6 Å². The van der Waals surface area contributed by atoms with E-state index in [1.807, 2.05) is 39.0 Å². The van der Waals surface area contributed by atoms with E-state index >= 15 is 0 Å². The summed E-state index contributed by atoms with van der Waals surface area (Å²) in [5.74, 6) is 0.380. The second-order valence-corrected chi connectivity index (χ2v) is 9.98. The first kappa shape index (κ1) is 25.7. The van der Waals surface area contributed by atoms with Crippen molar-refractivity contribution in [1.29, 1.82) is 0 Å². The van der Waals surface area contributed by atoms with Gasteiger partial charge in [0, 0.05) is 43.6 Å². The average molecular weight is 494 g/mol. The van der Waals surface area contributed by atoms with Crippen molar-refractivity contribution in [2.75, 3.05) is 33.4 Å². The SMILES string of the molecule is COc1cccc(C(=O)N2CCC3(CC2)OC[C@@H](C(=O)NCC(C)C)N3C(=O)c2cccc(C)c2)c1. The third kappa shape index (κ3) is 5.23. The van der Waals surface area contributed by atoms with Crippen LogP contribution in [0.1, 0.15) is 53.0 Å². The fraction of sp³-hybridized carbons (Fsp3) is 0.464. The minimum atomic E-state index is -0.939. The van der Waals surface area contributed by atoms with Crippen LogP contribution in [0.2, 0.25) is 0 Å². The highest BCUT2D eigenvalue weighted by Gasteiger charge is 2.54. The number of rotatable bonds is 6. The van der Waals surface area contributed by atoms with Crippen LogP contribution in [-0.2, 0) is 9.53 Å². The van der Waals surface area contributed by atoms with E-state index in [1.54, 1.807) is 47.2 Å². The van der Waals surface area contributed by atoms with Crippen LogP contribution < -0.4 is 10.1 Å². The quantitative estimate of drug-likeness (QED) is 0.668. The molecule has 1 N–H and O–H groups in total. The molecule has 2 heterocycles. The van der Waals surface area contributed by atoms with Gasteiger partial charge < -0.3 is 19.7 Å². The van der Waals surface area contributed by atoms with Crippen molar-refractivity contribution in [2.45, 2.75) is 45.4 Å². The van der Waals surface area contributed by atoms with Gasteiger partial charge in [-0.3, -0.25) is 19.3 Å². The fourth-order valence-electron chi connectivity index (χ4n) is 4.90. The number of hydrogen-bond donors (Lipinski definition) is 1. The van der Waals surface area contributed by atoms with Crippen LogP contribution in [0.15, 0.2) is 48.5 Å². The molecular weight excluding hydrogens is 458 g/mol. The maximum Gasteiger partial charge on any atom is 0.256 e. The van der Waals surface area contributed by atoms with Gasteiger partial charge in [0.05, 0.1) is 13.7 Å². The number of carbonyl (C=O) groups excluding carboxylic acids is 3. The van der Waals surface area contributed by atoms with Gasteiger partial charge in [-0.15, -0.1) is 0 Å². The number of hydrogen-bond acceptors (Lipinski definition) is 5. The van der Waals surface area contributed by atoms with Crippen molar-refractivity contribution in [1.82, 2.24) is 15.1 Å². The summed E-state index contributed by atoms with van der Waals surface area (Å²) in [6.45, 7) is 7.46. The van der Waals surface area contributed by atoms with E-state index in [9.17, 15) is 14.4 Å². The Balaban J connectivity index is 1.56. The van der Waals surface area contributed by atoms with E-state index in [4.69, 9.17) is 9.47 Å². The third-order valence-electron chi connectivity index (χ3n) is 6.88. The van der Waals surface area contributed by atoms with E-state index in [2.05, 4.69) is 5.32 Å². The lowest BCUT2D eigenvalue weighted by atomic mass is 9.95.